The van der Waals surface area contributed by atoms with Crippen LogP contribution in [0.2, 0.25) is 0 Å². The molecule has 1 heterocycles. The minimum atomic E-state index is 0.870. The van der Waals surface area contributed by atoms with E-state index in [0.717, 1.165) is 34.6 Å². The van der Waals surface area contributed by atoms with Crippen LogP contribution in [-0.2, 0) is 6.42 Å². The van der Waals surface area contributed by atoms with E-state index in [2.05, 4.69) is 57.5 Å². The molecular weight excluding hydrogens is 302 g/mol. The molecule has 0 aliphatic heterocycles. The maximum absolute atomic E-state index is 4.27. The van der Waals surface area contributed by atoms with Crippen LogP contribution in [0.1, 0.15) is 19.4 Å². The zero-order valence-corrected chi connectivity index (χ0v) is 12.8. The third-order valence-corrected chi connectivity index (χ3v) is 3.34. The zero-order chi connectivity index (χ0) is 13.7. The van der Waals surface area contributed by atoms with Gasteiger partial charge >= 0.3 is 0 Å². The van der Waals surface area contributed by atoms with Gasteiger partial charge < -0.3 is 10.6 Å². The Kier molecular flexibility index (Phi) is 4.80. The third-order valence-electron chi connectivity index (χ3n) is 2.85. The van der Waals surface area contributed by atoms with Crippen molar-refractivity contribution >= 4 is 33.1 Å². The molecule has 0 unspecified atom stereocenters. The van der Waals surface area contributed by atoms with E-state index >= 15 is 0 Å². The molecule has 0 amide bonds. The first-order valence-corrected chi connectivity index (χ1v) is 7.27. The van der Waals surface area contributed by atoms with Gasteiger partial charge in [0.2, 0.25) is 0 Å². The Bertz CT molecular complexity index is 555. The molecule has 4 heteroatoms. The van der Waals surface area contributed by atoms with Crippen molar-refractivity contribution in [2.45, 2.75) is 20.3 Å². The molecule has 3 nitrogen and oxygen atoms in total. The average Bonchev–Trinajstić information content (AvgIpc) is 2.41. The van der Waals surface area contributed by atoms with Crippen LogP contribution in [0, 0.1) is 0 Å². The van der Waals surface area contributed by atoms with Gasteiger partial charge in [0.15, 0.2) is 0 Å². The van der Waals surface area contributed by atoms with E-state index in [0.29, 0.717) is 0 Å². The summed E-state index contributed by atoms with van der Waals surface area (Å²) in [6.07, 6.45) is 2.80. The summed E-state index contributed by atoms with van der Waals surface area (Å²) in [7, 11) is 0. The number of benzene rings is 1. The van der Waals surface area contributed by atoms with E-state index in [-0.39, 0.29) is 0 Å². The highest BCUT2D eigenvalue weighted by atomic mass is 79.9. The highest BCUT2D eigenvalue weighted by Gasteiger charge is 2.03. The van der Waals surface area contributed by atoms with Gasteiger partial charge in [0, 0.05) is 34.7 Å². The van der Waals surface area contributed by atoms with Crippen LogP contribution in [0.4, 0.5) is 17.2 Å². The zero-order valence-electron chi connectivity index (χ0n) is 11.2. The summed E-state index contributed by atoms with van der Waals surface area (Å²) in [6.45, 7) is 5.09. The molecule has 1 aromatic heterocycles. The summed E-state index contributed by atoms with van der Waals surface area (Å²) in [5.74, 6) is 0.891. The highest BCUT2D eigenvalue weighted by molar-refractivity contribution is 9.10. The van der Waals surface area contributed by atoms with E-state index in [1.54, 1.807) is 0 Å². The normalized spacial score (nSPS) is 10.3. The molecule has 0 bridgehead atoms. The van der Waals surface area contributed by atoms with Crippen molar-refractivity contribution in [2.24, 2.45) is 0 Å². The van der Waals surface area contributed by atoms with Gasteiger partial charge in [-0.25, -0.2) is 4.98 Å². The first-order chi connectivity index (χ1) is 9.22. The number of anilines is 3. The summed E-state index contributed by atoms with van der Waals surface area (Å²) >= 11 is 3.51. The van der Waals surface area contributed by atoms with Crippen LogP contribution in [0.5, 0.6) is 0 Å². The first kappa shape index (κ1) is 13.9. The molecule has 0 aliphatic rings. The Balaban J connectivity index is 2.23. The highest BCUT2D eigenvalue weighted by Crippen LogP contribution is 2.25. The van der Waals surface area contributed by atoms with E-state index in [4.69, 9.17) is 0 Å². The molecule has 1 aromatic carbocycles. The fraction of sp³-hybridized carbons (Fsp3) is 0.267. The third kappa shape index (κ3) is 3.70. The number of halogens is 1. The fourth-order valence-electron chi connectivity index (χ4n) is 1.92. The predicted molar refractivity (Wildman–Crippen MR) is 85.2 cm³/mol. The molecule has 0 radical (unpaired) electrons. The minimum absolute atomic E-state index is 0.870. The average molecular weight is 320 g/mol. The van der Waals surface area contributed by atoms with Gasteiger partial charge in [-0.2, -0.15) is 0 Å². The second-order valence-corrected chi connectivity index (χ2v) is 5.16. The van der Waals surface area contributed by atoms with Gasteiger partial charge in [-0.1, -0.05) is 22.9 Å². The smallest absolute Gasteiger partial charge is 0.127 e. The number of aryl methyl sites for hydroxylation is 1. The maximum Gasteiger partial charge on any atom is 0.127 e. The lowest BCUT2D eigenvalue weighted by atomic mass is 10.1. The summed E-state index contributed by atoms with van der Waals surface area (Å²) in [4.78, 5) is 4.27. The number of hydrogen-bond donors (Lipinski definition) is 2. The van der Waals surface area contributed by atoms with Gasteiger partial charge in [-0.05, 0) is 43.2 Å². The molecule has 19 heavy (non-hydrogen) atoms. The molecule has 0 spiro atoms. The van der Waals surface area contributed by atoms with Crippen molar-refractivity contribution in [3.8, 4) is 0 Å². The summed E-state index contributed by atoms with van der Waals surface area (Å²) in [6, 6.07) is 10.3. The number of hydrogen-bond acceptors (Lipinski definition) is 3. The van der Waals surface area contributed by atoms with Crippen LogP contribution < -0.4 is 10.6 Å². The van der Waals surface area contributed by atoms with Crippen molar-refractivity contribution in [1.29, 1.82) is 0 Å². The van der Waals surface area contributed by atoms with Crippen molar-refractivity contribution in [2.75, 3.05) is 17.2 Å². The molecule has 0 aliphatic carbocycles. The van der Waals surface area contributed by atoms with E-state index in [1.807, 2.05) is 24.4 Å². The van der Waals surface area contributed by atoms with Gasteiger partial charge in [-0.3, -0.25) is 0 Å². The first-order valence-electron chi connectivity index (χ1n) is 6.48. The molecule has 2 N–H and O–H groups in total. The van der Waals surface area contributed by atoms with Crippen molar-refractivity contribution in [3.63, 3.8) is 0 Å². The molecule has 100 valence electrons. The molecule has 2 aromatic rings. The van der Waals surface area contributed by atoms with E-state index in [9.17, 15) is 0 Å². The quantitative estimate of drug-likeness (QED) is 0.846. The fourth-order valence-corrected chi connectivity index (χ4v) is 2.33. The Morgan fingerprint density at radius 3 is 2.74 bits per heavy atom. The van der Waals surface area contributed by atoms with Crippen LogP contribution >= 0.6 is 15.9 Å². The SMILES string of the molecule is CCNc1cc(Nc2ccc(Br)cc2CC)ccn1. The Morgan fingerprint density at radius 1 is 1.16 bits per heavy atom. The maximum atomic E-state index is 4.27. The van der Waals surface area contributed by atoms with E-state index in [1.165, 1.54) is 5.56 Å². The largest absolute Gasteiger partial charge is 0.370 e. The second-order valence-electron chi connectivity index (χ2n) is 4.24. The summed E-state index contributed by atoms with van der Waals surface area (Å²) < 4.78 is 1.11. The lowest BCUT2D eigenvalue weighted by Gasteiger charge is -2.12. The van der Waals surface area contributed by atoms with Gasteiger partial charge in [0.05, 0.1) is 0 Å². The molecule has 0 fully saturated rings. The predicted octanol–water partition coefficient (Wildman–Crippen LogP) is 4.58. The van der Waals surface area contributed by atoms with Crippen molar-refractivity contribution in [1.82, 2.24) is 4.98 Å². The van der Waals surface area contributed by atoms with Crippen molar-refractivity contribution in [3.05, 3.63) is 46.6 Å². The van der Waals surface area contributed by atoms with Gasteiger partial charge in [0.1, 0.15) is 5.82 Å². The summed E-state index contributed by atoms with van der Waals surface area (Å²) in [5, 5.41) is 6.66. The molecule has 0 saturated heterocycles. The number of nitrogens with zero attached hydrogens (tertiary/aromatic N) is 1. The number of pyridine rings is 1. The molecular formula is C15H18BrN3. The van der Waals surface area contributed by atoms with Crippen molar-refractivity contribution < 1.29 is 0 Å². The van der Waals surface area contributed by atoms with Crippen LogP contribution in [-0.4, -0.2) is 11.5 Å². The monoisotopic (exact) mass is 319 g/mol. The Morgan fingerprint density at radius 2 is 2.00 bits per heavy atom. The van der Waals surface area contributed by atoms with Crippen LogP contribution in [0.25, 0.3) is 0 Å². The van der Waals surface area contributed by atoms with Gasteiger partial charge in [0.25, 0.3) is 0 Å². The minimum Gasteiger partial charge on any atom is -0.370 e. The Hall–Kier alpha value is -1.55. The topological polar surface area (TPSA) is 37.0 Å². The standard InChI is InChI=1S/C15H18BrN3/c1-3-11-9-12(16)5-6-14(11)19-13-7-8-18-15(10-13)17-4-2/h5-10H,3-4H2,1-2H3,(H2,17,18,19). The molecule has 0 saturated carbocycles. The lowest BCUT2D eigenvalue weighted by Crippen LogP contribution is -2.00. The van der Waals surface area contributed by atoms with Crippen LogP contribution in [0.3, 0.4) is 0 Å². The summed E-state index contributed by atoms with van der Waals surface area (Å²) in [5.41, 5.74) is 3.47. The molecule has 2 rings (SSSR count). The lowest BCUT2D eigenvalue weighted by molar-refractivity contribution is 1.13. The number of nitrogens with one attached hydrogen (secondary N) is 2. The van der Waals surface area contributed by atoms with E-state index < -0.39 is 0 Å². The Labute approximate surface area is 122 Å². The second kappa shape index (κ2) is 6.57. The number of aromatic nitrogens is 1. The van der Waals surface area contributed by atoms with Crippen LogP contribution in [0.15, 0.2) is 41.0 Å². The molecule has 0 atom stereocenters. The van der Waals surface area contributed by atoms with Gasteiger partial charge in [-0.15, -0.1) is 0 Å². The number of rotatable bonds is 5.